The van der Waals surface area contributed by atoms with Gasteiger partial charge in [-0.05, 0) is 57.0 Å². The molecule has 1 aromatic heterocycles. The molecule has 2 rings (SSSR count). The van der Waals surface area contributed by atoms with Crippen molar-refractivity contribution in [1.82, 2.24) is 16.0 Å². The van der Waals surface area contributed by atoms with Crippen LogP contribution in [0.3, 0.4) is 0 Å². The molecule has 1 amide bonds. The summed E-state index contributed by atoms with van der Waals surface area (Å²) in [5, 5.41) is 9.21. The molecule has 3 N–H and O–H groups in total. The summed E-state index contributed by atoms with van der Waals surface area (Å²) in [7, 11) is 0. The summed E-state index contributed by atoms with van der Waals surface area (Å²) in [6, 6.07) is 9.30. The van der Waals surface area contributed by atoms with Gasteiger partial charge in [-0.3, -0.25) is 9.79 Å². The van der Waals surface area contributed by atoms with Crippen molar-refractivity contribution >= 4 is 11.9 Å². The van der Waals surface area contributed by atoms with Crippen LogP contribution in [0.1, 0.15) is 36.9 Å². The zero-order valence-corrected chi connectivity index (χ0v) is 18.0. The number of amides is 1. The first-order chi connectivity index (χ1) is 14.7. The van der Waals surface area contributed by atoms with E-state index in [0.717, 1.165) is 30.0 Å². The molecule has 0 aliphatic rings. The summed E-state index contributed by atoms with van der Waals surface area (Å²) in [4.78, 5) is 16.4. The molecule has 0 bridgehead atoms. The minimum atomic E-state index is -0.232. The van der Waals surface area contributed by atoms with E-state index in [1.165, 1.54) is 6.26 Å². The first kappa shape index (κ1) is 23.1. The standard InChI is InChI=1S/C22H32N4O4/c1-4-23-22(26-14-13-24-21(27)19-8-7-15-30-19)25-12-11-17-9-10-18(28-5-2)20(16-17)29-6-3/h7-10,15-16H,4-6,11-14H2,1-3H3,(H,24,27)(H2,23,25,26). The van der Waals surface area contributed by atoms with E-state index >= 15 is 0 Å². The Morgan fingerprint density at radius 1 is 1.00 bits per heavy atom. The van der Waals surface area contributed by atoms with Crippen molar-refractivity contribution in [3.8, 4) is 11.5 Å². The molecule has 0 saturated heterocycles. The Hall–Kier alpha value is -3.16. The number of guanidine groups is 1. The third kappa shape index (κ3) is 7.69. The first-order valence-corrected chi connectivity index (χ1v) is 10.4. The van der Waals surface area contributed by atoms with Crippen LogP contribution in [0.2, 0.25) is 0 Å². The predicted molar refractivity (Wildman–Crippen MR) is 118 cm³/mol. The maximum absolute atomic E-state index is 11.8. The Labute approximate surface area is 178 Å². The molecule has 0 fully saturated rings. The van der Waals surface area contributed by atoms with E-state index < -0.39 is 0 Å². The van der Waals surface area contributed by atoms with E-state index in [1.54, 1.807) is 12.1 Å². The number of benzene rings is 1. The van der Waals surface area contributed by atoms with Crippen molar-refractivity contribution in [2.45, 2.75) is 27.2 Å². The number of ether oxygens (including phenoxy) is 2. The zero-order valence-electron chi connectivity index (χ0n) is 18.0. The molecule has 30 heavy (non-hydrogen) atoms. The van der Waals surface area contributed by atoms with Gasteiger partial charge in [0.1, 0.15) is 0 Å². The van der Waals surface area contributed by atoms with Gasteiger partial charge in [0.25, 0.3) is 5.91 Å². The van der Waals surface area contributed by atoms with Gasteiger partial charge in [-0.15, -0.1) is 0 Å². The van der Waals surface area contributed by atoms with Crippen LogP contribution in [0.25, 0.3) is 0 Å². The number of hydrogen-bond acceptors (Lipinski definition) is 5. The predicted octanol–water partition coefficient (Wildman–Crippen LogP) is 2.60. The molecule has 2 aromatic rings. The van der Waals surface area contributed by atoms with Gasteiger partial charge in [0.05, 0.1) is 19.5 Å². The number of carbonyl (C=O) groups excluding carboxylic acids is 1. The van der Waals surface area contributed by atoms with Crippen LogP contribution in [0.5, 0.6) is 11.5 Å². The van der Waals surface area contributed by atoms with Gasteiger partial charge >= 0.3 is 0 Å². The minimum Gasteiger partial charge on any atom is -0.490 e. The molecule has 0 spiro atoms. The van der Waals surface area contributed by atoms with Crippen molar-refractivity contribution in [3.05, 3.63) is 47.9 Å². The van der Waals surface area contributed by atoms with Crippen LogP contribution in [0.4, 0.5) is 0 Å². The molecule has 1 heterocycles. The summed E-state index contributed by atoms with van der Waals surface area (Å²) in [6.07, 6.45) is 2.25. The maximum atomic E-state index is 11.8. The average Bonchev–Trinajstić information content (AvgIpc) is 3.28. The lowest BCUT2D eigenvalue weighted by molar-refractivity contribution is 0.0926. The topological polar surface area (TPSA) is 97.1 Å². The van der Waals surface area contributed by atoms with E-state index in [2.05, 4.69) is 20.9 Å². The lowest BCUT2D eigenvalue weighted by Crippen LogP contribution is -2.41. The number of nitrogens with zero attached hydrogens (tertiary/aromatic N) is 1. The van der Waals surface area contributed by atoms with Gasteiger partial charge in [0.15, 0.2) is 23.2 Å². The molecule has 1 aromatic carbocycles. The summed E-state index contributed by atoms with van der Waals surface area (Å²) in [6.45, 7) is 9.49. The number of carbonyl (C=O) groups is 1. The van der Waals surface area contributed by atoms with Crippen LogP contribution in [-0.4, -0.2) is 51.3 Å². The van der Waals surface area contributed by atoms with Gasteiger partial charge < -0.3 is 29.8 Å². The Balaban J connectivity index is 1.82. The van der Waals surface area contributed by atoms with Gasteiger partial charge in [0.2, 0.25) is 0 Å². The van der Waals surface area contributed by atoms with E-state index in [-0.39, 0.29) is 5.91 Å². The highest BCUT2D eigenvalue weighted by Crippen LogP contribution is 2.28. The second kappa shape index (κ2) is 13.1. The SMILES string of the molecule is CCNC(=NCCc1ccc(OCC)c(OCC)c1)NCCNC(=O)c1ccco1. The van der Waals surface area contributed by atoms with Crippen molar-refractivity contribution in [2.24, 2.45) is 4.99 Å². The highest BCUT2D eigenvalue weighted by molar-refractivity contribution is 5.91. The average molecular weight is 417 g/mol. The maximum Gasteiger partial charge on any atom is 0.287 e. The Kier molecular flexibility index (Phi) is 10.1. The molecule has 164 valence electrons. The van der Waals surface area contributed by atoms with Crippen LogP contribution >= 0.6 is 0 Å². The smallest absolute Gasteiger partial charge is 0.287 e. The molecule has 0 radical (unpaired) electrons. The van der Waals surface area contributed by atoms with Crippen LogP contribution in [0, 0.1) is 0 Å². The van der Waals surface area contributed by atoms with E-state index in [1.807, 2.05) is 39.0 Å². The highest BCUT2D eigenvalue weighted by Gasteiger charge is 2.08. The van der Waals surface area contributed by atoms with Crippen molar-refractivity contribution < 1.29 is 18.7 Å². The quantitative estimate of drug-likeness (QED) is 0.280. The molecular weight excluding hydrogens is 384 g/mol. The molecule has 8 nitrogen and oxygen atoms in total. The molecule has 0 atom stereocenters. The molecule has 0 aliphatic carbocycles. The fourth-order valence-electron chi connectivity index (χ4n) is 2.74. The largest absolute Gasteiger partial charge is 0.490 e. The number of nitrogens with one attached hydrogen (secondary N) is 3. The van der Waals surface area contributed by atoms with Crippen molar-refractivity contribution in [3.63, 3.8) is 0 Å². The van der Waals surface area contributed by atoms with Crippen LogP contribution in [0.15, 0.2) is 46.0 Å². The van der Waals surface area contributed by atoms with E-state index in [9.17, 15) is 4.79 Å². The number of aliphatic imine (C=N–C) groups is 1. The van der Waals surface area contributed by atoms with Crippen molar-refractivity contribution in [1.29, 1.82) is 0 Å². The fourth-order valence-corrected chi connectivity index (χ4v) is 2.74. The number of furan rings is 1. The van der Waals surface area contributed by atoms with E-state index in [0.29, 0.717) is 44.6 Å². The number of hydrogen-bond donors (Lipinski definition) is 3. The minimum absolute atomic E-state index is 0.232. The monoisotopic (exact) mass is 416 g/mol. The lowest BCUT2D eigenvalue weighted by atomic mass is 10.1. The van der Waals surface area contributed by atoms with Crippen LogP contribution < -0.4 is 25.4 Å². The normalized spacial score (nSPS) is 11.1. The van der Waals surface area contributed by atoms with Gasteiger partial charge in [-0.1, -0.05) is 6.07 Å². The molecule has 8 heteroatoms. The molecule has 0 saturated carbocycles. The molecule has 0 unspecified atom stereocenters. The summed E-state index contributed by atoms with van der Waals surface area (Å²) in [5.41, 5.74) is 1.13. The van der Waals surface area contributed by atoms with Crippen LogP contribution in [-0.2, 0) is 6.42 Å². The van der Waals surface area contributed by atoms with Gasteiger partial charge in [-0.2, -0.15) is 0 Å². The summed E-state index contributed by atoms with van der Waals surface area (Å²) >= 11 is 0. The van der Waals surface area contributed by atoms with Gasteiger partial charge in [-0.25, -0.2) is 0 Å². The van der Waals surface area contributed by atoms with E-state index in [4.69, 9.17) is 13.9 Å². The summed E-state index contributed by atoms with van der Waals surface area (Å²) < 4.78 is 16.4. The fraction of sp³-hybridized carbons (Fsp3) is 0.455. The molecule has 0 aliphatic heterocycles. The number of rotatable bonds is 12. The summed E-state index contributed by atoms with van der Waals surface area (Å²) in [5.74, 6) is 2.30. The Morgan fingerprint density at radius 3 is 2.47 bits per heavy atom. The second-order valence-corrected chi connectivity index (χ2v) is 6.32. The first-order valence-electron chi connectivity index (χ1n) is 10.4. The Bertz CT molecular complexity index is 790. The lowest BCUT2D eigenvalue weighted by Gasteiger charge is -2.13. The molecular formula is C22H32N4O4. The second-order valence-electron chi connectivity index (χ2n) is 6.32. The third-order valence-corrected chi connectivity index (χ3v) is 4.07. The zero-order chi connectivity index (χ0) is 21.6. The third-order valence-electron chi connectivity index (χ3n) is 4.07. The Morgan fingerprint density at radius 2 is 1.77 bits per heavy atom. The van der Waals surface area contributed by atoms with Gasteiger partial charge in [0, 0.05) is 26.2 Å². The van der Waals surface area contributed by atoms with Crippen molar-refractivity contribution in [2.75, 3.05) is 39.4 Å². The highest BCUT2D eigenvalue weighted by atomic mass is 16.5.